The van der Waals surface area contributed by atoms with E-state index in [2.05, 4.69) is 14.9 Å². The molecule has 0 bridgehead atoms. The fourth-order valence-corrected chi connectivity index (χ4v) is 1.93. The third-order valence-electron chi connectivity index (χ3n) is 2.92. The van der Waals surface area contributed by atoms with Crippen molar-refractivity contribution in [3.05, 3.63) is 18.0 Å². The summed E-state index contributed by atoms with van der Waals surface area (Å²) in [6.45, 7) is 3.91. The van der Waals surface area contributed by atoms with Gasteiger partial charge in [0.2, 0.25) is 5.95 Å². The van der Waals surface area contributed by atoms with Crippen LogP contribution < -0.4 is 4.90 Å². The van der Waals surface area contributed by atoms with E-state index >= 15 is 0 Å². The van der Waals surface area contributed by atoms with Crippen molar-refractivity contribution in [2.75, 3.05) is 18.0 Å². The van der Waals surface area contributed by atoms with Crippen molar-refractivity contribution in [2.45, 2.75) is 32.6 Å². The Morgan fingerprint density at radius 2 is 1.88 bits per heavy atom. The number of hydrogen-bond donors (Lipinski definition) is 0. The first-order valence-corrected chi connectivity index (χ1v) is 5.91. The lowest BCUT2D eigenvalue weighted by molar-refractivity contribution is 0.0987. The van der Waals surface area contributed by atoms with Gasteiger partial charge in [0.1, 0.15) is 0 Å². The number of aromatic nitrogens is 2. The first-order chi connectivity index (χ1) is 7.81. The molecule has 0 unspecified atom stereocenters. The van der Waals surface area contributed by atoms with E-state index in [0.717, 1.165) is 19.0 Å². The maximum Gasteiger partial charge on any atom is 0.225 e. The van der Waals surface area contributed by atoms with Crippen LogP contribution >= 0.6 is 0 Å². The molecule has 0 spiro atoms. The van der Waals surface area contributed by atoms with E-state index in [9.17, 15) is 4.79 Å². The molecule has 16 heavy (non-hydrogen) atoms. The minimum absolute atomic E-state index is 0.102. The maximum atomic E-state index is 11.4. The van der Waals surface area contributed by atoms with Gasteiger partial charge in [0.25, 0.3) is 0 Å². The molecule has 2 heterocycles. The summed E-state index contributed by atoms with van der Waals surface area (Å²) in [7, 11) is 0. The number of carbonyl (C=O) groups excluding carboxylic acids is 1. The van der Waals surface area contributed by atoms with Gasteiger partial charge < -0.3 is 4.90 Å². The molecular weight excluding hydrogens is 202 g/mol. The molecule has 1 aliphatic rings. The van der Waals surface area contributed by atoms with Crippen molar-refractivity contribution in [1.82, 2.24) is 9.97 Å². The predicted molar refractivity (Wildman–Crippen MR) is 62.7 cm³/mol. The highest BCUT2D eigenvalue weighted by atomic mass is 16.1. The molecule has 0 aliphatic carbocycles. The summed E-state index contributed by atoms with van der Waals surface area (Å²) >= 11 is 0. The van der Waals surface area contributed by atoms with Gasteiger partial charge in [-0.3, -0.25) is 4.79 Å². The summed E-state index contributed by atoms with van der Waals surface area (Å²) in [5.41, 5.74) is 0.614. The average molecular weight is 219 g/mol. The minimum Gasteiger partial charge on any atom is -0.341 e. The monoisotopic (exact) mass is 219 g/mol. The van der Waals surface area contributed by atoms with E-state index in [4.69, 9.17) is 0 Å². The van der Waals surface area contributed by atoms with Crippen molar-refractivity contribution in [3.8, 4) is 0 Å². The number of Topliss-reactive ketones (excluding diaryl/α,β-unsaturated/α-hetero) is 1. The SMILES string of the molecule is CCC(=O)c1cnc(N2CCCCC2)nc1. The number of rotatable bonds is 3. The highest BCUT2D eigenvalue weighted by Gasteiger charge is 2.13. The second-order valence-electron chi connectivity index (χ2n) is 4.10. The highest BCUT2D eigenvalue weighted by molar-refractivity contribution is 5.95. The topological polar surface area (TPSA) is 46.1 Å². The van der Waals surface area contributed by atoms with Crippen molar-refractivity contribution in [3.63, 3.8) is 0 Å². The van der Waals surface area contributed by atoms with Crippen LogP contribution in [-0.4, -0.2) is 28.8 Å². The summed E-state index contributed by atoms with van der Waals surface area (Å²) in [6.07, 6.45) is 7.50. The molecule has 0 aromatic carbocycles. The van der Waals surface area contributed by atoms with Gasteiger partial charge in [-0.25, -0.2) is 9.97 Å². The quantitative estimate of drug-likeness (QED) is 0.730. The van der Waals surface area contributed by atoms with Crippen molar-refractivity contribution in [1.29, 1.82) is 0 Å². The van der Waals surface area contributed by atoms with E-state index in [1.807, 2.05) is 6.92 Å². The molecule has 1 fully saturated rings. The molecular formula is C12H17N3O. The Morgan fingerprint density at radius 1 is 1.25 bits per heavy atom. The third kappa shape index (κ3) is 2.38. The van der Waals surface area contributed by atoms with E-state index in [0.29, 0.717) is 12.0 Å². The van der Waals surface area contributed by atoms with Crippen LogP contribution in [0.3, 0.4) is 0 Å². The van der Waals surface area contributed by atoms with Crippen LogP contribution in [0.25, 0.3) is 0 Å². The van der Waals surface area contributed by atoms with Gasteiger partial charge in [0.05, 0.1) is 5.56 Å². The van der Waals surface area contributed by atoms with Gasteiger partial charge in [-0.2, -0.15) is 0 Å². The second-order valence-corrected chi connectivity index (χ2v) is 4.10. The molecule has 4 nitrogen and oxygen atoms in total. The molecule has 0 radical (unpaired) electrons. The van der Waals surface area contributed by atoms with Gasteiger partial charge in [-0.1, -0.05) is 6.92 Å². The smallest absolute Gasteiger partial charge is 0.225 e. The Bertz CT molecular complexity index is 355. The van der Waals surface area contributed by atoms with Gasteiger partial charge in [-0.15, -0.1) is 0 Å². The molecule has 0 saturated carbocycles. The Labute approximate surface area is 95.7 Å². The molecule has 1 saturated heterocycles. The van der Waals surface area contributed by atoms with E-state index in [-0.39, 0.29) is 5.78 Å². The van der Waals surface area contributed by atoms with E-state index in [1.54, 1.807) is 12.4 Å². The number of piperidine rings is 1. The molecule has 1 aromatic rings. The second kappa shape index (κ2) is 5.05. The van der Waals surface area contributed by atoms with Crippen LogP contribution in [0.2, 0.25) is 0 Å². The largest absolute Gasteiger partial charge is 0.341 e. The standard InChI is InChI=1S/C12H17N3O/c1-2-11(16)10-8-13-12(14-9-10)15-6-4-3-5-7-15/h8-9H,2-7H2,1H3. The first-order valence-electron chi connectivity index (χ1n) is 5.91. The lowest BCUT2D eigenvalue weighted by Gasteiger charge is -2.26. The van der Waals surface area contributed by atoms with E-state index in [1.165, 1.54) is 19.3 Å². The van der Waals surface area contributed by atoms with Gasteiger partial charge in [0, 0.05) is 31.9 Å². The number of ketones is 1. The maximum absolute atomic E-state index is 11.4. The number of hydrogen-bond acceptors (Lipinski definition) is 4. The molecule has 1 aliphatic heterocycles. The normalized spacial score (nSPS) is 16.2. The summed E-state index contributed by atoms with van der Waals surface area (Å²) in [6, 6.07) is 0. The zero-order valence-electron chi connectivity index (χ0n) is 9.65. The minimum atomic E-state index is 0.102. The van der Waals surface area contributed by atoms with Crippen molar-refractivity contribution in [2.24, 2.45) is 0 Å². The molecule has 0 atom stereocenters. The van der Waals surface area contributed by atoms with Gasteiger partial charge in [-0.05, 0) is 19.3 Å². The number of nitrogens with zero attached hydrogens (tertiary/aromatic N) is 3. The lowest BCUT2D eigenvalue weighted by atomic mass is 10.1. The van der Waals surface area contributed by atoms with Gasteiger partial charge in [0.15, 0.2) is 5.78 Å². The Balaban J connectivity index is 2.09. The fraction of sp³-hybridized carbons (Fsp3) is 0.583. The van der Waals surface area contributed by atoms with Crippen LogP contribution in [0.5, 0.6) is 0 Å². The van der Waals surface area contributed by atoms with Crippen LogP contribution in [-0.2, 0) is 0 Å². The fourth-order valence-electron chi connectivity index (χ4n) is 1.93. The molecule has 0 N–H and O–H groups in total. The van der Waals surface area contributed by atoms with Crippen LogP contribution in [0.4, 0.5) is 5.95 Å². The molecule has 1 aromatic heterocycles. The van der Waals surface area contributed by atoms with E-state index < -0.39 is 0 Å². The molecule has 0 amide bonds. The van der Waals surface area contributed by atoms with Crippen LogP contribution in [0.1, 0.15) is 43.0 Å². The van der Waals surface area contributed by atoms with Gasteiger partial charge >= 0.3 is 0 Å². The van der Waals surface area contributed by atoms with Crippen molar-refractivity contribution >= 4 is 11.7 Å². The summed E-state index contributed by atoms with van der Waals surface area (Å²) < 4.78 is 0. The highest BCUT2D eigenvalue weighted by Crippen LogP contribution is 2.15. The third-order valence-corrected chi connectivity index (χ3v) is 2.92. The van der Waals surface area contributed by atoms with Crippen LogP contribution in [0.15, 0.2) is 12.4 Å². The molecule has 86 valence electrons. The summed E-state index contributed by atoms with van der Waals surface area (Å²) in [5.74, 6) is 0.859. The number of carbonyl (C=O) groups is 1. The molecule has 4 heteroatoms. The summed E-state index contributed by atoms with van der Waals surface area (Å²) in [4.78, 5) is 22.1. The zero-order valence-corrected chi connectivity index (χ0v) is 9.65. The first kappa shape index (κ1) is 11.0. The Morgan fingerprint density at radius 3 is 2.44 bits per heavy atom. The average Bonchev–Trinajstić information content (AvgIpc) is 2.39. The number of anilines is 1. The Kier molecular flexibility index (Phi) is 3.49. The van der Waals surface area contributed by atoms with Crippen molar-refractivity contribution < 1.29 is 4.79 Å². The predicted octanol–water partition coefficient (Wildman–Crippen LogP) is 2.06. The zero-order chi connectivity index (χ0) is 11.4. The summed E-state index contributed by atoms with van der Waals surface area (Å²) in [5, 5.41) is 0. The lowest BCUT2D eigenvalue weighted by Crippen LogP contribution is -2.31. The molecule has 2 rings (SSSR count). The van der Waals surface area contributed by atoms with Crippen LogP contribution in [0, 0.1) is 0 Å². The Hall–Kier alpha value is -1.45.